The van der Waals surface area contributed by atoms with Crippen molar-refractivity contribution in [3.63, 3.8) is 0 Å². The van der Waals surface area contributed by atoms with Crippen molar-refractivity contribution >= 4 is 29.8 Å². The first-order chi connectivity index (χ1) is 27.8. The molecule has 5 heterocycles. The van der Waals surface area contributed by atoms with E-state index in [-0.39, 0.29) is 59.4 Å². The first kappa shape index (κ1) is 51.2. The number of cyclic esters (lactones) is 4. The molecule has 0 N–H and O–H groups in total. The second kappa shape index (κ2) is 29.3. The van der Waals surface area contributed by atoms with Crippen LogP contribution in [0, 0.1) is 5.92 Å². The molecule has 58 heavy (non-hydrogen) atoms. The van der Waals surface area contributed by atoms with Gasteiger partial charge in [-0.05, 0) is 122 Å². The number of carbonyl (C=O) groups is 5. The Morgan fingerprint density at radius 3 is 1.55 bits per heavy atom. The lowest BCUT2D eigenvalue weighted by molar-refractivity contribution is -0.160. The van der Waals surface area contributed by atoms with E-state index in [9.17, 15) is 24.0 Å². The van der Waals surface area contributed by atoms with Crippen molar-refractivity contribution in [2.75, 3.05) is 0 Å². The van der Waals surface area contributed by atoms with Gasteiger partial charge in [0.2, 0.25) is 0 Å². The van der Waals surface area contributed by atoms with Crippen LogP contribution >= 0.6 is 0 Å². The van der Waals surface area contributed by atoms with Crippen molar-refractivity contribution in [2.45, 2.75) is 257 Å². The lowest BCUT2D eigenvalue weighted by atomic mass is 9.82. The zero-order valence-electron chi connectivity index (χ0n) is 37.4. The van der Waals surface area contributed by atoms with E-state index >= 15 is 0 Å². The summed E-state index contributed by atoms with van der Waals surface area (Å²) in [6.45, 7) is 14.1. The lowest BCUT2D eigenvalue weighted by Gasteiger charge is -2.34. The first-order valence-electron chi connectivity index (χ1n) is 23.5. The fourth-order valence-electron chi connectivity index (χ4n) is 8.27. The molecular weight excluding hydrogens is 737 g/mol. The quantitative estimate of drug-likeness (QED) is 0.0681. The zero-order valence-corrected chi connectivity index (χ0v) is 37.4. The molecule has 0 aromatic heterocycles. The van der Waals surface area contributed by atoms with Crippen LogP contribution in [0.3, 0.4) is 0 Å². The second-order valence-electron chi connectivity index (χ2n) is 17.7. The maximum atomic E-state index is 10.9. The molecule has 6 aliphatic rings. The van der Waals surface area contributed by atoms with Crippen molar-refractivity contribution in [1.82, 2.24) is 0 Å². The van der Waals surface area contributed by atoms with Gasteiger partial charge in [0.25, 0.3) is 0 Å². The summed E-state index contributed by atoms with van der Waals surface area (Å²) in [6.07, 6.45) is 34.4. The molecule has 6 atom stereocenters. The Bertz CT molecular complexity index is 1210. The molecule has 6 fully saturated rings. The molecule has 0 aromatic rings. The monoisotopic (exact) mass is 819 g/mol. The van der Waals surface area contributed by atoms with Gasteiger partial charge in [0.05, 0.1) is 0 Å². The molecule has 0 bridgehead atoms. The summed E-state index contributed by atoms with van der Waals surface area (Å²) in [7, 11) is 0. The third kappa shape index (κ3) is 22.5. The van der Waals surface area contributed by atoms with E-state index in [0.717, 1.165) is 70.6 Å². The number of carbonyl (C=O) groups excluding carboxylic acids is 5. The van der Waals surface area contributed by atoms with Gasteiger partial charge in [0.1, 0.15) is 29.5 Å². The fraction of sp³-hybridized carbons (Fsp3) is 0.854. The number of rotatable bonds is 15. The van der Waals surface area contributed by atoms with Crippen LogP contribution < -0.4 is 0 Å². The SMILES string of the molecule is C=CC1(C)CCC(=O)O1.CCCCCC1CCCC(=O)O1.CCCCCCC1(C)CCC(=O)O1.CCCCCCC1CCCC(=O)O1.O=C1CCC2CCCCC2O1. The highest BCUT2D eigenvalue weighted by Crippen LogP contribution is 2.34. The number of esters is 5. The van der Waals surface area contributed by atoms with Crippen LogP contribution in [0.15, 0.2) is 12.7 Å². The number of ether oxygens (including phenoxy) is 5. The lowest BCUT2D eigenvalue weighted by Crippen LogP contribution is -2.34. The molecular formula is C48H82O10. The van der Waals surface area contributed by atoms with E-state index in [2.05, 4.69) is 34.3 Å². The molecule has 5 saturated heterocycles. The van der Waals surface area contributed by atoms with Gasteiger partial charge < -0.3 is 23.7 Å². The van der Waals surface area contributed by atoms with Crippen LogP contribution in [0.4, 0.5) is 0 Å². The molecule has 5 aliphatic heterocycles. The molecule has 6 rings (SSSR count). The minimum Gasteiger partial charge on any atom is -0.462 e. The van der Waals surface area contributed by atoms with E-state index in [1.165, 1.54) is 89.9 Å². The molecule has 1 saturated carbocycles. The standard InChI is InChI=1S/2C11H20O2.C10H18O2.C9H14O2.C7H10O2/c1-3-4-5-6-8-11(2)9-7-10(12)13-11;1-2-3-4-5-7-10-8-6-9-11(12)13-10;1-2-3-4-6-9-7-5-8-10(11)12-9;10-9-6-5-7-3-1-2-4-8(7)11-9;1-3-7(2)5-4-6(8)9-7/h3-9H2,1-2H3;10H,2-9H2,1H3;9H,2-8H2,1H3;7-8H,1-6H2;3H,1,4-5H2,2H3. The molecule has 1 aliphatic carbocycles. The van der Waals surface area contributed by atoms with Gasteiger partial charge in [-0.3, -0.25) is 24.0 Å². The third-order valence-electron chi connectivity index (χ3n) is 12.1. The van der Waals surface area contributed by atoms with Gasteiger partial charge in [-0.2, -0.15) is 0 Å². The maximum Gasteiger partial charge on any atom is 0.306 e. The number of fused-ring (bicyclic) bond motifs is 1. The van der Waals surface area contributed by atoms with E-state index in [4.69, 9.17) is 23.7 Å². The van der Waals surface area contributed by atoms with Crippen LogP contribution in [0.2, 0.25) is 0 Å². The highest BCUT2D eigenvalue weighted by Gasteiger charge is 2.35. The summed E-state index contributed by atoms with van der Waals surface area (Å²) in [5.41, 5.74) is -0.512. The second-order valence-corrected chi connectivity index (χ2v) is 17.7. The highest BCUT2D eigenvalue weighted by atomic mass is 16.6. The average molecular weight is 819 g/mol. The molecule has 10 heteroatoms. The van der Waals surface area contributed by atoms with Crippen LogP contribution in [0.1, 0.15) is 227 Å². The number of hydrogen-bond donors (Lipinski definition) is 0. The number of hydrogen-bond acceptors (Lipinski definition) is 10. The molecule has 334 valence electrons. The minimum atomic E-state index is -0.378. The number of unbranched alkanes of at least 4 members (excludes halogenated alkanes) is 8. The van der Waals surface area contributed by atoms with Gasteiger partial charge in [0.15, 0.2) is 0 Å². The fourth-order valence-corrected chi connectivity index (χ4v) is 8.27. The Hall–Kier alpha value is -2.91. The van der Waals surface area contributed by atoms with Crippen LogP contribution in [0.5, 0.6) is 0 Å². The summed E-state index contributed by atoms with van der Waals surface area (Å²) in [6, 6.07) is 0. The topological polar surface area (TPSA) is 132 Å². The maximum absolute atomic E-state index is 10.9. The molecule has 0 spiro atoms. The average Bonchev–Trinajstić information content (AvgIpc) is 3.75. The first-order valence-corrected chi connectivity index (χ1v) is 23.5. The van der Waals surface area contributed by atoms with Gasteiger partial charge in [-0.1, -0.05) is 85.1 Å². The summed E-state index contributed by atoms with van der Waals surface area (Å²) in [4.78, 5) is 54.2. The van der Waals surface area contributed by atoms with E-state index in [1.807, 2.05) is 6.92 Å². The Morgan fingerprint density at radius 1 is 0.534 bits per heavy atom. The predicted octanol–water partition coefficient (Wildman–Crippen LogP) is 11.9. The largest absolute Gasteiger partial charge is 0.462 e. The Balaban J connectivity index is 0.000000251. The Morgan fingerprint density at radius 2 is 1.05 bits per heavy atom. The van der Waals surface area contributed by atoms with Crippen molar-refractivity contribution in [2.24, 2.45) is 5.92 Å². The van der Waals surface area contributed by atoms with Gasteiger partial charge in [-0.15, -0.1) is 0 Å². The van der Waals surface area contributed by atoms with E-state index in [0.29, 0.717) is 38.0 Å². The highest BCUT2D eigenvalue weighted by molar-refractivity contribution is 5.73. The molecule has 6 unspecified atom stereocenters. The summed E-state index contributed by atoms with van der Waals surface area (Å²) >= 11 is 0. The molecule has 0 radical (unpaired) electrons. The van der Waals surface area contributed by atoms with Crippen LogP contribution in [-0.4, -0.2) is 59.4 Å². The van der Waals surface area contributed by atoms with Crippen LogP contribution in [0.25, 0.3) is 0 Å². The van der Waals surface area contributed by atoms with Crippen molar-refractivity contribution in [3.05, 3.63) is 12.7 Å². The minimum absolute atomic E-state index is 0.00254. The molecule has 0 amide bonds. The van der Waals surface area contributed by atoms with Gasteiger partial charge in [0, 0.05) is 38.5 Å². The molecule has 0 aromatic carbocycles. The van der Waals surface area contributed by atoms with Gasteiger partial charge >= 0.3 is 29.8 Å². The third-order valence-corrected chi connectivity index (χ3v) is 12.1. The normalized spacial score (nSPS) is 28.7. The van der Waals surface area contributed by atoms with Gasteiger partial charge in [-0.25, -0.2) is 0 Å². The van der Waals surface area contributed by atoms with Crippen molar-refractivity contribution in [1.29, 1.82) is 0 Å². The van der Waals surface area contributed by atoms with E-state index in [1.54, 1.807) is 6.08 Å². The predicted molar refractivity (Wildman–Crippen MR) is 228 cm³/mol. The summed E-state index contributed by atoms with van der Waals surface area (Å²) in [5, 5.41) is 0. The smallest absolute Gasteiger partial charge is 0.306 e. The van der Waals surface area contributed by atoms with Crippen molar-refractivity contribution in [3.8, 4) is 0 Å². The van der Waals surface area contributed by atoms with Crippen LogP contribution in [-0.2, 0) is 47.7 Å². The summed E-state index contributed by atoms with van der Waals surface area (Å²) in [5.74, 6) is 0.597. The zero-order chi connectivity index (χ0) is 42.7. The van der Waals surface area contributed by atoms with Crippen molar-refractivity contribution < 1.29 is 47.7 Å². The summed E-state index contributed by atoms with van der Waals surface area (Å²) < 4.78 is 25.9. The van der Waals surface area contributed by atoms with E-state index < -0.39 is 0 Å². The molecule has 10 nitrogen and oxygen atoms in total. The Labute approximate surface area is 352 Å². The Kier molecular flexibility index (Phi) is 25.9.